The molecule has 0 saturated carbocycles. The maximum absolute atomic E-state index is 7.62. The summed E-state index contributed by atoms with van der Waals surface area (Å²) in [5.74, 6) is 0.975. The van der Waals surface area contributed by atoms with Gasteiger partial charge in [-0.1, -0.05) is 134 Å². The standard InChI is InChI=1S/C45H40INO/c1-29(46)31-16-22-38-40(28-31)44(2,3)42-39-23-24-45(34-17-15-30-11-5-6-12-32(30)27-34,48-43(39)37-14-8-7-13-36(37)41(38)42)33-18-20-35(21-19-33)47-25-9-4-10-26-47/h5-8,11-24,27-29H,4,9-10,25-26H2,1-3H3. The maximum Gasteiger partial charge on any atom is 0.178 e. The van der Waals surface area contributed by atoms with Crippen molar-refractivity contribution in [2.24, 2.45) is 0 Å². The Bertz CT molecular complexity index is 2260. The summed E-state index contributed by atoms with van der Waals surface area (Å²) >= 11 is 2.53. The second-order valence-corrected chi connectivity index (χ2v) is 16.3. The summed E-state index contributed by atoms with van der Waals surface area (Å²) in [5, 5.41) is 4.88. The van der Waals surface area contributed by atoms with Crippen LogP contribution in [0.5, 0.6) is 5.75 Å². The molecular weight excluding hydrogens is 697 g/mol. The number of nitrogens with zero attached hydrogens (tertiary/aromatic N) is 1. The Hall–Kier alpha value is -4.09. The summed E-state index contributed by atoms with van der Waals surface area (Å²) in [6.45, 7) is 9.33. The van der Waals surface area contributed by atoms with Gasteiger partial charge in [-0.3, -0.25) is 0 Å². The van der Waals surface area contributed by atoms with Gasteiger partial charge in [0, 0.05) is 50.2 Å². The van der Waals surface area contributed by atoms with Crippen molar-refractivity contribution in [3.05, 3.63) is 149 Å². The van der Waals surface area contributed by atoms with E-state index in [0.717, 1.165) is 30.0 Å². The summed E-state index contributed by atoms with van der Waals surface area (Å²) in [4.78, 5) is 2.53. The van der Waals surface area contributed by atoms with E-state index in [-0.39, 0.29) is 5.41 Å². The number of rotatable bonds is 4. The van der Waals surface area contributed by atoms with Crippen LogP contribution in [-0.2, 0) is 11.0 Å². The average molecular weight is 738 g/mol. The largest absolute Gasteiger partial charge is 0.472 e. The molecule has 2 nitrogen and oxygen atoms in total. The molecule has 238 valence electrons. The lowest BCUT2D eigenvalue weighted by atomic mass is 9.76. The third-order valence-corrected chi connectivity index (χ3v) is 11.9. The molecule has 6 aromatic rings. The predicted octanol–water partition coefficient (Wildman–Crippen LogP) is 12.1. The molecule has 1 aliphatic carbocycles. The van der Waals surface area contributed by atoms with Crippen molar-refractivity contribution >= 4 is 55.9 Å². The predicted molar refractivity (Wildman–Crippen MR) is 211 cm³/mol. The van der Waals surface area contributed by atoms with E-state index in [2.05, 4.69) is 170 Å². The van der Waals surface area contributed by atoms with Crippen molar-refractivity contribution in [1.29, 1.82) is 0 Å². The summed E-state index contributed by atoms with van der Waals surface area (Å²) in [5.41, 5.74) is 10.7. The van der Waals surface area contributed by atoms with Gasteiger partial charge in [-0.2, -0.15) is 0 Å². The van der Waals surface area contributed by atoms with Gasteiger partial charge < -0.3 is 9.64 Å². The topological polar surface area (TPSA) is 12.5 Å². The van der Waals surface area contributed by atoms with Gasteiger partial charge >= 0.3 is 0 Å². The van der Waals surface area contributed by atoms with Crippen molar-refractivity contribution in [2.75, 3.05) is 18.0 Å². The van der Waals surface area contributed by atoms with Crippen LogP contribution in [0.15, 0.2) is 115 Å². The van der Waals surface area contributed by atoms with E-state index in [1.165, 1.54) is 79.9 Å². The first-order valence-electron chi connectivity index (χ1n) is 17.5. The highest BCUT2D eigenvalue weighted by atomic mass is 127. The summed E-state index contributed by atoms with van der Waals surface area (Å²) in [6.07, 6.45) is 8.58. The lowest BCUT2D eigenvalue weighted by Gasteiger charge is -2.39. The molecule has 0 aromatic heterocycles. The Morgan fingerprint density at radius 1 is 0.729 bits per heavy atom. The first kappa shape index (κ1) is 30.0. The zero-order valence-electron chi connectivity index (χ0n) is 27.9. The quantitative estimate of drug-likeness (QED) is 0.132. The molecule has 3 aliphatic rings. The number of anilines is 1. The molecule has 48 heavy (non-hydrogen) atoms. The van der Waals surface area contributed by atoms with E-state index >= 15 is 0 Å². The van der Waals surface area contributed by atoms with Crippen molar-refractivity contribution in [3.63, 3.8) is 0 Å². The van der Waals surface area contributed by atoms with Crippen molar-refractivity contribution in [2.45, 2.75) is 55.0 Å². The monoisotopic (exact) mass is 737 g/mol. The Morgan fingerprint density at radius 2 is 1.44 bits per heavy atom. The number of alkyl halides is 1. The second-order valence-electron chi connectivity index (χ2n) is 14.4. The number of ether oxygens (including phenoxy) is 1. The number of benzene rings is 6. The molecule has 0 bridgehead atoms. The molecule has 2 atom stereocenters. The lowest BCUT2D eigenvalue weighted by Crippen LogP contribution is -2.35. The Morgan fingerprint density at radius 3 is 2.21 bits per heavy atom. The fraction of sp³-hybridized carbons (Fsp3) is 0.244. The minimum absolute atomic E-state index is 0.174. The zero-order chi connectivity index (χ0) is 32.6. The SMILES string of the molecule is CC(I)c1ccc2c(c1)C(C)(C)c1c3c(c4ccccc4c1-2)OC(c1ccc(N2CCCCC2)cc1)(c1ccc2ccccc2c1)C=C3. The highest BCUT2D eigenvalue weighted by molar-refractivity contribution is 14.1. The summed E-state index contributed by atoms with van der Waals surface area (Å²) < 4.78 is 8.07. The number of halogens is 1. The molecule has 9 rings (SSSR count). The fourth-order valence-corrected chi connectivity index (χ4v) is 9.06. The van der Waals surface area contributed by atoms with E-state index in [9.17, 15) is 0 Å². The highest BCUT2D eigenvalue weighted by Gasteiger charge is 2.44. The third kappa shape index (κ3) is 4.50. The van der Waals surface area contributed by atoms with Gasteiger partial charge in [0.1, 0.15) is 5.75 Å². The van der Waals surface area contributed by atoms with Crippen molar-refractivity contribution in [3.8, 4) is 16.9 Å². The van der Waals surface area contributed by atoms with Crippen LogP contribution in [0, 0.1) is 0 Å². The average Bonchev–Trinajstić information content (AvgIpc) is 3.38. The minimum Gasteiger partial charge on any atom is -0.472 e. The minimum atomic E-state index is -0.784. The molecule has 2 aliphatic heterocycles. The molecule has 2 unspecified atom stereocenters. The smallest absolute Gasteiger partial charge is 0.178 e. The van der Waals surface area contributed by atoms with Crippen LogP contribution in [-0.4, -0.2) is 13.1 Å². The van der Waals surface area contributed by atoms with Crippen molar-refractivity contribution < 1.29 is 4.74 Å². The lowest BCUT2D eigenvalue weighted by molar-refractivity contribution is 0.163. The number of hydrogen-bond acceptors (Lipinski definition) is 2. The molecule has 1 fully saturated rings. The van der Waals surface area contributed by atoms with Crippen LogP contribution in [0.2, 0.25) is 0 Å². The van der Waals surface area contributed by atoms with Gasteiger partial charge in [-0.05, 0) is 94.4 Å². The molecule has 2 heterocycles. The molecular formula is C45H40INO. The first-order valence-corrected chi connectivity index (χ1v) is 18.7. The fourth-order valence-electron chi connectivity index (χ4n) is 8.67. The highest BCUT2D eigenvalue weighted by Crippen LogP contribution is 2.58. The van der Waals surface area contributed by atoms with Gasteiger partial charge in [0.05, 0.1) is 0 Å². The van der Waals surface area contributed by atoms with Crippen LogP contribution in [0.4, 0.5) is 5.69 Å². The molecule has 0 amide bonds. The van der Waals surface area contributed by atoms with Crippen LogP contribution < -0.4 is 9.64 Å². The van der Waals surface area contributed by atoms with E-state index in [1.807, 2.05) is 0 Å². The van der Waals surface area contributed by atoms with Gasteiger partial charge in [-0.25, -0.2) is 0 Å². The molecule has 3 heteroatoms. The summed E-state index contributed by atoms with van der Waals surface area (Å²) in [7, 11) is 0. The Balaban J connectivity index is 1.27. The van der Waals surface area contributed by atoms with E-state index in [4.69, 9.17) is 4.74 Å². The summed E-state index contributed by atoms with van der Waals surface area (Å²) in [6, 6.07) is 40.7. The maximum atomic E-state index is 7.62. The molecule has 0 radical (unpaired) electrons. The normalized spacial score (nSPS) is 19.9. The first-order chi connectivity index (χ1) is 23.3. The van der Waals surface area contributed by atoms with Gasteiger partial charge in [0.2, 0.25) is 0 Å². The van der Waals surface area contributed by atoms with E-state index in [1.54, 1.807) is 0 Å². The van der Waals surface area contributed by atoms with Crippen LogP contribution in [0.1, 0.15) is 77.3 Å². The van der Waals surface area contributed by atoms with Gasteiger partial charge in [-0.15, -0.1) is 0 Å². The molecule has 1 saturated heterocycles. The number of fused-ring (bicyclic) bond motifs is 9. The third-order valence-electron chi connectivity index (χ3n) is 11.2. The number of piperidine rings is 1. The van der Waals surface area contributed by atoms with Gasteiger partial charge in [0.15, 0.2) is 5.60 Å². The second kappa shape index (κ2) is 11.2. The van der Waals surface area contributed by atoms with Gasteiger partial charge in [0.25, 0.3) is 0 Å². The Kier molecular flexibility index (Phi) is 7.02. The molecule has 0 N–H and O–H groups in total. The van der Waals surface area contributed by atoms with Crippen molar-refractivity contribution in [1.82, 2.24) is 0 Å². The van der Waals surface area contributed by atoms with E-state index < -0.39 is 5.60 Å². The van der Waals surface area contributed by atoms with Crippen LogP contribution in [0.25, 0.3) is 38.7 Å². The molecule has 6 aromatic carbocycles. The zero-order valence-corrected chi connectivity index (χ0v) is 30.1. The van der Waals surface area contributed by atoms with Crippen LogP contribution >= 0.6 is 22.6 Å². The Labute approximate surface area is 297 Å². The number of hydrogen-bond donors (Lipinski definition) is 0. The van der Waals surface area contributed by atoms with Crippen LogP contribution in [0.3, 0.4) is 0 Å². The molecule has 0 spiro atoms. The van der Waals surface area contributed by atoms with E-state index in [0.29, 0.717) is 3.92 Å².